The standard InChI is InChI=1S/C42H35FO8/c1-24(2)39(44)48-33-18-17-31(37(22-33)50-41(46)26(5)6)15-13-30-14-16-32(21-36(30)43)28-9-11-29(12-10-28)35-20-19-34(49-40(45)25(3)4)23-38(35)51-42(47)27(7)8/h9-23H,1,3,5,7H2,2,4,6,8H3. The van der Waals surface area contributed by atoms with Crippen molar-refractivity contribution in [3.63, 3.8) is 0 Å². The van der Waals surface area contributed by atoms with Gasteiger partial charge in [-0.05, 0) is 74.7 Å². The molecule has 0 fully saturated rings. The zero-order valence-electron chi connectivity index (χ0n) is 28.6. The lowest BCUT2D eigenvalue weighted by Gasteiger charge is -2.13. The largest absolute Gasteiger partial charge is 0.423 e. The minimum atomic E-state index is -0.681. The zero-order chi connectivity index (χ0) is 37.4. The Morgan fingerprint density at radius 2 is 0.902 bits per heavy atom. The molecular formula is C42H35FO8. The van der Waals surface area contributed by atoms with E-state index in [0.717, 1.165) is 5.56 Å². The average Bonchev–Trinajstić information content (AvgIpc) is 3.08. The van der Waals surface area contributed by atoms with Crippen LogP contribution in [-0.2, 0) is 19.2 Å². The van der Waals surface area contributed by atoms with Gasteiger partial charge in [0, 0.05) is 51.1 Å². The lowest BCUT2D eigenvalue weighted by molar-refractivity contribution is -0.131. The summed E-state index contributed by atoms with van der Waals surface area (Å²) in [6.07, 6.45) is 3.10. The maximum atomic E-state index is 15.4. The van der Waals surface area contributed by atoms with Crippen LogP contribution >= 0.6 is 0 Å². The third-order valence-corrected chi connectivity index (χ3v) is 7.13. The molecule has 0 amide bonds. The number of carbonyl (C=O) groups is 4. The van der Waals surface area contributed by atoms with Crippen LogP contribution in [0.5, 0.6) is 23.0 Å². The maximum absolute atomic E-state index is 15.4. The van der Waals surface area contributed by atoms with Gasteiger partial charge in [0.1, 0.15) is 28.8 Å². The third kappa shape index (κ3) is 9.73. The van der Waals surface area contributed by atoms with E-state index in [2.05, 4.69) is 26.3 Å². The number of hydrogen-bond acceptors (Lipinski definition) is 8. The van der Waals surface area contributed by atoms with Crippen molar-refractivity contribution in [1.29, 1.82) is 0 Å². The van der Waals surface area contributed by atoms with Crippen LogP contribution in [0.3, 0.4) is 0 Å². The summed E-state index contributed by atoms with van der Waals surface area (Å²) in [4.78, 5) is 48.7. The highest BCUT2D eigenvalue weighted by Gasteiger charge is 2.16. The predicted octanol–water partition coefficient (Wildman–Crippen LogP) is 9.26. The van der Waals surface area contributed by atoms with Crippen LogP contribution in [0, 0.1) is 5.82 Å². The second-order valence-electron chi connectivity index (χ2n) is 11.7. The van der Waals surface area contributed by atoms with E-state index in [4.69, 9.17) is 18.9 Å². The van der Waals surface area contributed by atoms with Gasteiger partial charge in [0.2, 0.25) is 0 Å². The molecule has 4 rings (SSSR count). The molecule has 4 aromatic rings. The Bertz CT molecular complexity index is 2140. The van der Waals surface area contributed by atoms with E-state index in [1.165, 1.54) is 58.0 Å². The Morgan fingerprint density at radius 3 is 1.43 bits per heavy atom. The number of rotatable bonds is 12. The number of esters is 4. The zero-order valence-corrected chi connectivity index (χ0v) is 28.6. The first-order valence-electron chi connectivity index (χ1n) is 15.5. The van der Waals surface area contributed by atoms with Gasteiger partial charge < -0.3 is 18.9 Å². The number of ether oxygens (including phenoxy) is 4. The molecule has 0 radical (unpaired) electrons. The van der Waals surface area contributed by atoms with Crippen LogP contribution in [0.2, 0.25) is 0 Å². The van der Waals surface area contributed by atoms with Gasteiger partial charge in [-0.2, -0.15) is 0 Å². The molecule has 0 aromatic heterocycles. The summed E-state index contributed by atoms with van der Waals surface area (Å²) in [5, 5.41) is 0. The second kappa shape index (κ2) is 16.2. The molecule has 0 spiro atoms. The van der Waals surface area contributed by atoms with Gasteiger partial charge in [0.05, 0.1) is 0 Å². The van der Waals surface area contributed by atoms with Crippen molar-refractivity contribution in [2.75, 3.05) is 0 Å². The molecule has 9 heteroatoms. The molecule has 0 aliphatic rings. The number of hydrogen-bond donors (Lipinski definition) is 0. The Hall–Kier alpha value is -6.61. The Kier molecular flexibility index (Phi) is 11.8. The molecule has 0 aliphatic carbocycles. The summed E-state index contributed by atoms with van der Waals surface area (Å²) in [6.45, 7) is 20.4. The molecule has 0 saturated heterocycles. The quantitative estimate of drug-likeness (QED) is 0.0629. The lowest BCUT2D eigenvalue weighted by atomic mass is 9.98. The summed E-state index contributed by atoms with van der Waals surface area (Å²) >= 11 is 0. The summed E-state index contributed by atoms with van der Waals surface area (Å²) in [5.41, 5.74) is 4.00. The van der Waals surface area contributed by atoms with Crippen molar-refractivity contribution < 1.29 is 42.5 Å². The monoisotopic (exact) mass is 686 g/mol. The van der Waals surface area contributed by atoms with Crippen LogP contribution in [0.1, 0.15) is 38.8 Å². The van der Waals surface area contributed by atoms with Crippen LogP contribution in [0.4, 0.5) is 4.39 Å². The molecule has 0 atom stereocenters. The fraction of sp³-hybridized carbons (Fsp3) is 0.0952. The van der Waals surface area contributed by atoms with Crippen molar-refractivity contribution >= 4 is 36.0 Å². The second-order valence-corrected chi connectivity index (χ2v) is 11.7. The number of benzene rings is 4. The number of carbonyl (C=O) groups excluding carboxylic acids is 4. The average molecular weight is 687 g/mol. The minimum absolute atomic E-state index is 0.0865. The molecule has 8 nitrogen and oxygen atoms in total. The Morgan fingerprint density at radius 1 is 0.490 bits per heavy atom. The van der Waals surface area contributed by atoms with E-state index in [1.807, 2.05) is 0 Å². The van der Waals surface area contributed by atoms with Gasteiger partial charge in [-0.3, -0.25) is 0 Å². The molecule has 0 saturated carbocycles. The minimum Gasteiger partial charge on any atom is -0.423 e. The molecule has 51 heavy (non-hydrogen) atoms. The van der Waals surface area contributed by atoms with E-state index in [0.29, 0.717) is 22.3 Å². The fourth-order valence-electron chi connectivity index (χ4n) is 4.32. The topological polar surface area (TPSA) is 105 Å². The highest BCUT2D eigenvalue weighted by Crippen LogP contribution is 2.36. The van der Waals surface area contributed by atoms with Crippen molar-refractivity contribution in [1.82, 2.24) is 0 Å². The fourth-order valence-corrected chi connectivity index (χ4v) is 4.32. The first-order valence-corrected chi connectivity index (χ1v) is 15.5. The van der Waals surface area contributed by atoms with Crippen LogP contribution < -0.4 is 18.9 Å². The Balaban J connectivity index is 1.59. The van der Waals surface area contributed by atoms with Crippen molar-refractivity contribution in [2.24, 2.45) is 0 Å². The first kappa shape index (κ1) is 37.2. The van der Waals surface area contributed by atoms with E-state index in [9.17, 15) is 19.2 Å². The highest BCUT2D eigenvalue weighted by atomic mass is 19.1. The van der Waals surface area contributed by atoms with Gasteiger partial charge in [-0.15, -0.1) is 0 Å². The van der Waals surface area contributed by atoms with Gasteiger partial charge in [-0.1, -0.05) is 74.9 Å². The normalized spacial score (nSPS) is 10.6. The van der Waals surface area contributed by atoms with Gasteiger partial charge in [0.25, 0.3) is 0 Å². The molecule has 0 bridgehead atoms. The smallest absolute Gasteiger partial charge is 0.338 e. The Labute approximate surface area is 295 Å². The van der Waals surface area contributed by atoms with Crippen molar-refractivity contribution in [2.45, 2.75) is 27.7 Å². The predicted molar refractivity (Wildman–Crippen MR) is 194 cm³/mol. The molecule has 0 aliphatic heterocycles. The van der Waals surface area contributed by atoms with Crippen LogP contribution in [0.15, 0.2) is 127 Å². The molecule has 0 heterocycles. The van der Waals surface area contributed by atoms with Gasteiger partial charge in [-0.25, -0.2) is 23.6 Å². The first-order chi connectivity index (χ1) is 24.1. The van der Waals surface area contributed by atoms with E-state index >= 15 is 4.39 Å². The van der Waals surface area contributed by atoms with Crippen LogP contribution in [-0.4, -0.2) is 23.9 Å². The third-order valence-electron chi connectivity index (χ3n) is 7.13. The summed E-state index contributed by atoms with van der Waals surface area (Å²) in [5.74, 6) is -2.55. The molecule has 4 aromatic carbocycles. The number of halogens is 1. The van der Waals surface area contributed by atoms with Crippen molar-refractivity contribution in [3.8, 4) is 45.3 Å². The van der Waals surface area contributed by atoms with Crippen molar-refractivity contribution in [3.05, 3.63) is 144 Å². The van der Waals surface area contributed by atoms with Gasteiger partial charge >= 0.3 is 23.9 Å². The summed E-state index contributed by atoms with van der Waals surface area (Å²) < 4.78 is 37.0. The summed E-state index contributed by atoms with van der Waals surface area (Å²) in [7, 11) is 0. The highest BCUT2D eigenvalue weighted by molar-refractivity contribution is 5.92. The van der Waals surface area contributed by atoms with Crippen LogP contribution in [0.25, 0.3) is 34.4 Å². The molecule has 0 unspecified atom stereocenters. The molecular weight excluding hydrogens is 651 g/mol. The van der Waals surface area contributed by atoms with Gasteiger partial charge in [0.15, 0.2) is 0 Å². The van der Waals surface area contributed by atoms with E-state index in [1.54, 1.807) is 60.7 Å². The summed E-state index contributed by atoms with van der Waals surface area (Å²) in [6, 6.07) is 21.1. The van der Waals surface area contributed by atoms with E-state index < -0.39 is 29.7 Å². The lowest BCUT2D eigenvalue weighted by Crippen LogP contribution is -2.11. The van der Waals surface area contributed by atoms with E-state index in [-0.39, 0.29) is 50.9 Å². The molecule has 258 valence electrons. The molecule has 0 N–H and O–H groups in total. The maximum Gasteiger partial charge on any atom is 0.338 e. The SMILES string of the molecule is C=C(C)C(=O)Oc1ccc(C=Cc2ccc(-c3ccc(-c4ccc(OC(=O)C(=C)C)cc4OC(=O)C(=C)C)cc3)cc2F)c(OC(=O)C(=C)C)c1.